The first kappa shape index (κ1) is 40.4. The van der Waals surface area contributed by atoms with Crippen molar-refractivity contribution in [2.24, 2.45) is 0 Å². The fraction of sp³-hybridized carbons (Fsp3) is 0.176. The summed E-state index contributed by atoms with van der Waals surface area (Å²) in [4.78, 5) is 4.89. The zero-order chi connectivity index (χ0) is 43.7. The Bertz CT molecular complexity index is 3280. The van der Waals surface area contributed by atoms with Gasteiger partial charge in [-0.1, -0.05) is 48.5 Å². The molecule has 0 unspecified atom stereocenters. The number of rotatable bonds is 8. The van der Waals surface area contributed by atoms with Gasteiger partial charge in [-0.15, -0.1) is 45.3 Å². The molecule has 10 aromatic rings. The Morgan fingerprint density at radius 3 is 1.21 bits per heavy atom. The first-order valence-electron chi connectivity index (χ1n) is 20.6. The van der Waals surface area contributed by atoms with Gasteiger partial charge in [0.05, 0.1) is 0 Å². The molecule has 11 rings (SSSR count). The van der Waals surface area contributed by atoms with Crippen LogP contribution in [-0.2, 0) is 13.1 Å². The molecule has 0 saturated carbocycles. The van der Waals surface area contributed by atoms with Gasteiger partial charge < -0.3 is 9.13 Å². The van der Waals surface area contributed by atoms with E-state index in [1.54, 1.807) is 0 Å². The summed E-state index contributed by atoms with van der Waals surface area (Å²) in [6.07, 6.45) is 0. The monoisotopic (exact) mass is 918 g/mol. The maximum atomic E-state index is 16.2. The van der Waals surface area contributed by atoms with E-state index in [1.165, 1.54) is 48.7 Å². The van der Waals surface area contributed by atoms with Gasteiger partial charge >= 0.3 is 17.8 Å². The zero-order valence-electron chi connectivity index (χ0n) is 34.3. The number of fused-ring (bicyclic) bond motifs is 6. The van der Waals surface area contributed by atoms with Crippen molar-refractivity contribution in [3.8, 4) is 40.4 Å². The van der Waals surface area contributed by atoms with Gasteiger partial charge in [-0.2, -0.15) is 26.3 Å². The summed E-state index contributed by atoms with van der Waals surface area (Å²) < 4.78 is 101. The lowest BCUT2D eigenvalue weighted by Crippen LogP contribution is -2.48. The number of thiophene rings is 4. The van der Waals surface area contributed by atoms with Gasteiger partial charge in [-0.3, -0.25) is 0 Å². The molecule has 0 bridgehead atoms. The minimum absolute atomic E-state index is 0.254. The predicted octanol–water partition coefficient (Wildman–Crippen LogP) is 17.3. The van der Waals surface area contributed by atoms with E-state index >= 15 is 26.3 Å². The molecule has 63 heavy (non-hydrogen) atoms. The van der Waals surface area contributed by atoms with Crippen LogP contribution in [0, 0.1) is 13.8 Å². The summed E-state index contributed by atoms with van der Waals surface area (Å²) in [5, 5.41) is 4.50. The molecule has 2 nitrogen and oxygen atoms in total. The van der Waals surface area contributed by atoms with E-state index in [1.807, 2.05) is 48.5 Å². The Morgan fingerprint density at radius 2 is 0.794 bits per heavy atom. The number of hydrogen-bond donors (Lipinski definition) is 0. The van der Waals surface area contributed by atoms with E-state index in [-0.39, 0.29) is 20.9 Å². The van der Waals surface area contributed by atoms with E-state index in [4.69, 9.17) is 0 Å². The summed E-state index contributed by atoms with van der Waals surface area (Å²) in [5.74, 6) is -15.9. The van der Waals surface area contributed by atoms with Gasteiger partial charge in [0.1, 0.15) is 0 Å². The molecule has 0 atom stereocenters. The number of alkyl halides is 6. The van der Waals surface area contributed by atoms with Gasteiger partial charge in [-0.05, 0) is 123 Å². The number of para-hydroxylation sites is 2. The highest BCUT2D eigenvalue weighted by molar-refractivity contribution is 7.24. The zero-order valence-corrected chi connectivity index (χ0v) is 37.5. The molecule has 4 aromatic carbocycles. The fourth-order valence-electron chi connectivity index (χ4n) is 9.48. The van der Waals surface area contributed by atoms with Crippen LogP contribution in [0.15, 0.2) is 121 Å². The molecule has 6 heterocycles. The maximum absolute atomic E-state index is 16.2. The highest BCUT2D eigenvalue weighted by atomic mass is 32.1. The second-order valence-corrected chi connectivity index (χ2v) is 20.6. The standard InChI is InChI=1S/C51H36F6N2S4/c1-5-58-37-13-9-7-11-31(37)35-23-29(15-17-39(35)58)41-19-21-43(62-41)45-25-33(27(3)60-45)47-48(50(54,55)51(56,57)49(47,52)53)34-26-46(61-28(34)4)44-22-20-42(63-44)30-16-18-40-36(24-30)32-12-8-10-14-38(32)59(40)6-2/h7-26H,5-6H2,1-4H3. The molecular formula is C51H36F6N2S4. The molecular weight excluding hydrogens is 883 g/mol. The van der Waals surface area contributed by atoms with E-state index in [9.17, 15) is 0 Å². The Balaban J connectivity index is 0.971. The summed E-state index contributed by atoms with van der Waals surface area (Å²) in [5.41, 5.74) is 3.26. The van der Waals surface area contributed by atoms with Crippen molar-refractivity contribution in [3.63, 3.8) is 0 Å². The van der Waals surface area contributed by atoms with E-state index in [0.717, 1.165) is 110 Å². The van der Waals surface area contributed by atoms with Crippen molar-refractivity contribution in [3.05, 3.63) is 142 Å². The van der Waals surface area contributed by atoms with Crippen LogP contribution in [-0.4, -0.2) is 26.9 Å². The van der Waals surface area contributed by atoms with Crippen LogP contribution < -0.4 is 0 Å². The van der Waals surface area contributed by atoms with Crippen molar-refractivity contribution in [1.29, 1.82) is 0 Å². The van der Waals surface area contributed by atoms with Crippen LogP contribution in [0.2, 0.25) is 0 Å². The van der Waals surface area contributed by atoms with E-state index < -0.39 is 28.9 Å². The lowest BCUT2D eigenvalue weighted by molar-refractivity contribution is -0.254. The first-order valence-corrected chi connectivity index (χ1v) is 23.8. The highest BCUT2D eigenvalue weighted by Gasteiger charge is 2.80. The largest absolute Gasteiger partial charge is 0.380 e. The molecule has 0 N–H and O–H groups in total. The minimum Gasteiger partial charge on any atom is -0.341 e. The van der Waals surface area contributed by atoms with Crippen LogP contribution in [0.3, 0.4) is 0 Å². The van der Waals surface area contributed by atoms with Gasteiger partial charge in [-0.25, -0.2) is 0 Å². The number of aromatic nitrogens is 2. The summed E-state index contributed by atoms with van der Waals surface area (Å²) >= 11 is 5.15. The molecule has 0 saturated heterocycles. The van der Waals surface area contributed by atoms with Crippen molar-refractivity contribution in [2.45, 2.75) is 58.6 Å². The summed E-state index contributed by atoms with van der Waals surface area (Å²) in [7, 11) is 0. The average molecular weight is 919 g/mol. The highest BCUT2D eigenvalue weighted by Crippen LogP contribution is 2.66. The quantitative estimate of drug-likeness (QED) is 0.134. The average Bonchev–Trinajstić information content (AvgIpc) is 4.15. The number of aryl methyl sites for hydroxylation is 4. The lowest BCUT2D eigenvalue weighted by atomic mass is 9.95. The van der Waals surface area contributed by atoms with E-state index in [2.05, 4.69) is 83.6 Å². The van der Waals surface area contributed by atoms with Crippen molar-refractivity contribution in [1.82, 2.24) is 9.13 Å². The number of halogens is 6. The first-order chi connectivity index (χ1) is 30.2. The second kappa shape index (κ2) is 14.3. The third-order valence-electron chi connectivity index (χ3n) is 12.5. The van der Waals surface area contributed by atoms with Crippen LogP contribution in [0.5, 0.6) is 0 Å². The molecule has 0 spiro atoms. The Labute approximate surface area is 374 Å². The van der Waals surface area contributed by atoms with Gasteiger partial charge in [0, 0.05) is 107 Å². The second-order valence-electron chi connectivity index (χ2n) is 15.9. The Kier molecular flexibility index (Phi) is 9.17. The third-order valence-corrected chi connectivity index (χ3v) is 17.2. The van der Waals surface area contributed by atoms with E-state index in [0.29, 0.717) is 9.75 Å². The molecule has 6 aromatic heterocycles. The van der Waals surface area contributed by atoms with Crippen molar-refractivity contribution >= 4 is 100 Å². The molecule has 0 amide bonds. The molecule has 316 valence electrons. The number of benzene rings is 4. The molecule has 1 aliphatic carbocycles. The normalized spacial score (nSPS) is 15.9. The van der Waals surface area contributed by atoms with Gasteiger partial charge in [0.15, 0.2) is 0 Å². The summed E-state index contributed by atoms with van der Waals surface area (Å²) in [6, 6.07) is 39.5. The fourth-order valence-corrected chi connectivity index (χ4v) is 13.7. The Morgan fingerprint density at radius 1 is 0.413 bits per heavy atom. The topological polar surface area (TPSA) is 9.86 Å². The van der Waals surface area contributed by atoms with Crippen molar-refractivity contribution in [2.75, 3.05) is 0 Å². The van der Waals surface area contributed by atoms with Crippen LogP contribution in [0.1, 0.15) is 34.7 Å². The van der Waals surface area contributed by atoms with Crippen LogP contribution in [0.4, 0.5) is 26.3 Å². The Hall–Kier alpha value is -5.40. The summed E-state index contributed by atoms with van der Waals surface area (Å²) in [6.45, 7) is 8.91. The lowest BCUT2D eigenvalue weighted by Gasteiger charge is -2.25. The van der Waals surface area contributed by atoms with Gasteiger partial charge in [0.2, 0.25) is 0 Å². The van der Waals surface area contributed by atoms with Crippen LogP contribution >= 0.6 is 45.3 Å². The smallest absolute Gasteiger partial charge is 0.341 e. The molecule has 12 heteroatoms. The number of nitrogens with zero attached hydrogens (tertiary/aromatic N) is 2. The molecule has 0 radical (unpaired) electrons. The SMILES string of the molecule is CCn1c2ccccc2c2cc(-c3ccc(-c4cc(C5=C(c6cc(-c7ccc(-c8ccc9c(c8)c8ccccc8n9CC)s7)sc6C)C(F)(F)C(F)(F)C5(F)F)c(C)s4)s3)ccc21. The van der Waals surface area contributed by atoms with Crippen molar-refractivity contribution < 1.29 is 26.3 Å². The minimum atomic E-state index is -5.65. The number of allylic oxidation sites excluding steroid dienone is 2. The van der Waals surface area contributed by atoms with Gasteiger partial charge in [0.25, 0.3) is 0 Å². The molecule has 0 aliphatic heterocycles. The maximum Gasteiger partial charge on any atom is 0.380 e. The predicted molar refractivity (Wildman–Crippen MR) is 255 cm³/mol. The third kappa shape index (κ3) is 5.80. The number of hydrogen-bond acceptors (Lipinski definition) is 4. The molecule has 0 fully saturated rings. The molecule has 1 aliphatic rings. The van der Waals surface area contributed by atoms with Crippen LogP contribution in [0.25, 0.3) is 95.1 Å².